The van der Waals surface area contributed by atoms with Gasteiger partial charge in [-0.1, -0.05) is 0 Å². The van der Waals surface area contributed by atoms with E-state index in [1.807, 2.05) is 0 Å². The van der Waals surface area contributed by atoms with Crippen molar-refractivity contribution in [3.8, 4) is 11.5 Å². The molecule has 13 heavy (non-hydrogen) atoms. The van der Waals surface area contributed by atoms with Crippen LogP contribution in [0.5, 0.6) is 11.5 Å². The second-order valence-corrected chi connectivity index (χ2v) is 2.37. The van der Waals surface area contributed by atoms with Crippen molar-refractivity contribution in [1.82, 2.24) is 0 Å². The van der Waals surface area contributed by atoms with Crippen molar-refractivity contribution >= 4 is 6.29 Å². The van der Waals surface area contributed by atoms with Gasteiger partial charge in [-0.15, -0.1) is 0 Å². The van der Waals surface area contributed by atoms with Crippen LogP contribution in [0.15, 0.2) is 18.2 Å². The van der Waals surface area contributed by atoms with Crippen LogP contribution >= 0.6 is 0 Å². The lowest BCUT2D eigenvalue weighted by atomic mass is 10.2. The van der Waals surface area contributed by atoms with Crippen molar-refractivity contribution in [2.75, 3.05) is 13.7 Å². The molecular formula is C10H11O3. The highest BCUT2D eigenvalue weighted by Crippen LogP contribution is 2.23. The zero-order valence-electron chi connectivity index (χ0n) is 7.45. The van der Waals surface area contributed by atoms with E-state index in [9.17, 15) is 4.79 Å². The third-order valence-electron chi connectivity index (χ3n) is 1.60. The molecule has 0 unspecified atom stereocenters. The second kappa shape index (κ2) is 4.50. The molecule has 0 bridgehead atoms. The Hall–Kier alpha value is -1.51. The Kier molecular flexibility index (Phi) is 3.31. The summed E-state index contributed by atoms with van der Waals surface area (Å²) >= 11 is 0. The van der Waals surface area contributed by atoms with Crippen molar-refractivity contribution < 1.29 is 14.3 Å². The first-order chi connectivity index (χ1) is 6.31. The van der Waals surface area contributed by atoms with E-state index in [1.165, 1.54) is 7.11 Å². The summed E-state index contributed by atoms with van der Waals surface area (Å²) in [6, 6.07) is 5.02. The van der Waals surface area contributed by atoms with Gasteiger partial charge in [-0.25, -0.2) is 0 Å². The molecule has 1 rings (SSSR count). The molecule has 1 aromatic carbocycles. The standard InChI is InChI=1S/C10H11O3/c1-3-13-9-5-4-8(7-11)10(6-9)12-2/h4-7H,1,3H2,2H3. The minimum absolute atomic E-state index is 0.351. The summed E-state index contributed by atoms with van der Waals surface area (Å²) in [6.07, 6.45) is 0.743. The molecule has 0 spiro atoms. The zero-order valence-corrected chi connectivity index (χ0v) is 7.45. The van der Waals surface area contributed by atoms with E-state index in [-0.39, 0.29) is 0 Å². The van der Waals surface area contributed by atoms with Gasteiger partial charge in [0.2, 0.25) is 0 Å². The van der Waals surface area contributed by atoms with Crippen LogP contribution in [0.2, 0.25) is 0 Å². The number of hydrogen-bond donors (Lipinski definition) is 0. The van der Waals surface area contributed by atoms with Crippen molar-refractivity contribution in [2.45, 2.75) is 0 Å². The summed E-state index contributed by atoms with van der Waals surface area (Å²) in [6.45, 7) is 3.90. The molecule has 0 atom stereocenters. The lowest BCUT2D eigenvalue weighted by Gasteiger charge is -2.06. The van der Waals surface area contributed by atoms with Crippen LogP contribution in [0.3, 0.4) is 0 Å². The van der Waals surface area contributed by atoms with Gasteiger partial charge in [0.25, 0.3) is 0 Å². The number of carbonyl (C=O) groups excluding carboxylic acids is 1. The average Bonchev–Trinajstić information content (AvgIpc) is 2.18. The molecule has 0 saturated carbocycles. The summed E-state index contributed by atoms with van der Waals surface area (Å²) in [5.74, 6) is 1.17. The second-order valence-electron chi connectivity index (χ2n) is 2.37. The van der Waals surface area contributed by atoms with E-state index >= 15 is 0 Å². The maximum absolute atomic E-state index is 10.5. The van der Waals surface area contributed by atoms with Crippen LogP contribution in [0.1, 0.15) is 10.4 Å². The van der Waals surface area contributed by atoms with Crippen molar-refractivity contribution in [1.29, 1.82) is 0 Å². The van der Waals surface area contributed by atoms with Crippen molar-refractivity contribution in [2.24, 2.45) is 0 Å². The molecule has 0 N–H and O–H groups in total. The average molecular weight is 179 g/mol. The Labute approximate surface area is 77.3 Å². The van der Waals surface area contributed by atoms with E-state index in [2.05, 4.69) is 6.92 Å². The van der Waals surface area contributed by atoms with Crippen LogP contribution in [0.25, 0.3) is 0 Å². The van der Waals surface area contributed by atoms with Gasteiger partial charge in [0.1, 0.15) is 11.5 Å². The van der Waals surface area contributed by atoms with E-state index in [0.717, 1.165) is 6.29 Å². The lowest BCUT2D eigenvalue weighted by Crippen LogP contribution is -1.95. The molecule has 0 saturated heterocycles. The lowest BCUT2D eigenvalue weighted by molar-refractivity contribution is 0.112. The van der Waals surface area contributed by atoms with E-state index in [1.54, 1.807) is 18.2 Å². The number of methoxy groups -OCH3 is 1. The molecule has 0 aliphatic rings. The Morgan fingerprint density at radius 1 is 1.54 bits per heavy atom. The SMILES string of the molecule is [CH2]COc1ccc(C=O)c(OC)c1. The van der Waals surface area contributed by atoms with Gasteiger partial charge in [-0.3, -0.25) is 4.79 Å². The zero-order chi connectivity index (χ0) is 9.68. The third kappa shape index (κ3) is 2.21. The molecular weight excluding hydrogens is 168 g/mol. The fourth-order valence-corrected chi connectivity index (χ4v) is 0.996. The summed E-state index contributed by atoms with van der Waals surface area (Å²) in [4.78, 5) is 10.5. The van der Waals surface area contributed by atoms with Crippen LogP contribution < -0.4 is 9.47 Å². The molecule has 0 fully saturated rings. The molecule has 69 valence electrons. The van der Waals surface area contributed by atoms with Crippen molar-refractivity contribution in [3.63, 3.8) is 0 Å². The van der Waals surface area contributed by atoms with Gasteiger partial charge in [0.05, 0.1) is 19.3 Å². The highest BCUT2D eigenvalue weighted by Gasteiger charge is 2.02. The maximum atomic E-state index is 10.5. The number of carbonyl (C=O) groups is 1. The quantitative estimate of drug-likeness (QED) is 0.660. The number of aldehydes is 1. The Balaban J connectivity index is 2.98. The molecule has 3 heteroatoms. The Morgan fingerprint density at radius 3 is 2.85 bits per heavy atom. The highest BCUT2D eigenvalue weighted by molar-refractivity contribution is 5.79. The summed E-state index contributed by atoms with van der Waals surface area (Å²) in [5, 5.41) is 0. The fourth-order valence-electron chi connectivity index (χ4n) is 0.996. The number of ether oxygens (including phenoxy) is 2. The van der Waals surface area contributed by atoms with Crippen LogP contribution in [0.4, 0.5) is 0 Å². The monoisotopic (exact) mass is 179 g/mol. The summed E-state index contributed by atoms with van der Waals surface area (Å²) in [5.41, 5.74) is 0.513. The Morgan fingerprint density at radius 2 is 2.31 bits per heavy atom. The molecule has 0 aliphatic heterocycles. The first kappa shape index (κ1) is 9.58. The van der Waals surface area contributed by atoms with Gasteiger partial charge in [0.15, 0.2) is 6.29 Å². The fraction of sp³-hybridized carbons (Fsp3) is 0.200. The molecule has 1 aromatic rings. The summed E-state index contributed by atoms with van der Waals surface area (Å²) < 4.78 is 10.1. The summed E-state index contributed by atoms with van der Waals surface area (Å²) in [7, 11) is 1.51. The van der Waals surface area contributed by atoms with Gasteiger partial charge in [-0.2, -0.15) is 0 Å². The molecule has 0 aliphatic carbocycles. The maximum Gasteiger partial charge on any atom is 0.153 e. The van der Waals surface area contributed by atoms with Gasteiger partial charge >= 0.3 is 0 Å². The number of benzene rings is 1. The van der Waals surface area contributed by atoms with Gasteiger partial charge in [-0.05, 0) is 19.1 Å². The normalized spacial score (nSPS) is 9.38. The molecule has 1 radical (unpaired) electrons. The van der Waals surface area contributed by atoms with E-state index in [4.69, 9.17) is 9.47 Å². The third-order valence-corrected chi connectivity index (χ3v) is 1.60. The van der Waals surface area contributed by atoms with E-state index < -0.39 is 0 Å². The first-order valence-electron chi connectivity index (χ1n) is 3.87. The highest BCUT2D eigenvalue weighted by atomic mass is 16.5. The predicted octanol–water partition coefficient (Wildman–Crippen LogP) is 1.72. The number of hydrogen-bond acceptors (Lipinski definition) is 3. The molecule has 3 nitrogen and oxygen atoms in total. The molecule has 0 amide bonds. The topological polar surface area (TPSA) is 35.5 Å². The minimum Gasteiger partial charge on any atom is -0.496 e. The first-order valence-corrected chi connectivity index (χ1v) is 3.87. The van der Waals surface area contributed by atoms with Crippen LogP contribution in [-0.4, -0.2) is 20.0 Å². The minimum atomic E-state index is 0.351. The predicted molar refractivity (Wildman–Crippen MR) is 49.2 cm³/mol. The van der Waals surface area contributed by atoms with Crippen LogP contribution in [0, 0.1) is 6.92 Å². The van der Waals surface area contributed by atoms with E-state index in [0.29, 0.717) is 23.7 Å². The van der Waals surface area contributed by atoms with Crippen LogP contribution in [-0.2, 0) is 0 Å². The van der Waals surface area contributed by atoms with Crippen molar-refractivity contribution in [3.05, 3.63) is 30.7 Å². The molecule has 0 aromatic heterocycles. The molecule has 0 heterocycles. The number of rotatable bonds is 4. The van der Waals surface area contributed by atoms with Gasteiger partial charge < -0.3 is 9.47 Å². The Bertz CT molecular complexity index is 294. The largest absolute Gasteiger partial charge is 0.496 e. The van der Waals surface area contributed by atoms with Gasteiger partial charge in [0, 0.05) is 6.07 Å². The smallest absolute Gasteiger partial charge is 0.153 e.